The van der Waals surface area contributed by atoms with Gasteiger partial charge in [0.15, 0.2) is 0 Å². The standard InChI is InChI=1S/C17H23N5O2S/c1-12-10-13(2)22-16(19-12)18-11-21(22)14-8-6-7-9-15(14)25(23,24)20-17(3,4)5/h6-10,20H,11H2,1-5H3. The molecule has 0 saturated heterocycles. The van der Waals surface area contributed by atoms with E-state index in [-0.39, 0.29) is 4.90 Å². The molecule has 0 aromatic heterocycles. The fraction of sp³-hybridized carbons (Fsp3) is 0.412. The topological polar surface area (TPSA) is 77.4 Å². The van der Waals surface area contributed by atoms with Gasteiger partial charge in [-0.1, -0.05) is 12.1 Å². The summed E-state index contributed by atoms with van der Waals surface area (Å²) in [7, 11) is -3.68. The second kappa shape index (κ2) is 5.96. The highest BCUT2D eigenvalue weighted by Crippen LogP contribution is 2.32. The summed E-state index contributed by atoms with van der Waals surface area (Å²) in [6.07, 6.45) is 1.95. The van der Waals surface area contributed by atoms with Crippen molar-refractivity contribution in [2.75, 3.05) is 11.7 Å². The summed E-state index contributed by atoms with van der Waals surface area (Å²) < 4.78 is 28.5. The summed E-state index contributed by atoms with van der Waals surface area (Å²) >= 11 is 0. The van der Waals surface area contributed by atoms with Crippen LogP contribution in [0.25, 0.3) is 0 Å². The molecule has 0 bridgehead atoms. The van der Waals surface area contributed by atoms with Crippen molar-refractivity contribution >= 4 is 27.4 Å². The molecule has 25 heavy (non-hydrogen) atoms. The van der Waals surface area contributed by atoms with Crippen molar-refractivity contribution in [2.24, 2.45) is 9.98 Å². The zero-order valence-corrected chi connectivity index (χ0v) is 15.9. The minimum atomic E-state index is -3.68. The molecule has 3 rings (SSSR count). The first-order chi connectivity index (χ1) is 11.6. The van der Waals surface area contributed by atoms with Gasteiger partial charge in [0, 0.05) is 16.9 Å². The Balaban J connectivity index is 2.03. The quantitative estimate of drug-likeness (QED) is 0.897. The maximum atomic E-state index is 12.9. The third-order valence-electron chi connectivity index (χ3n) is 3.68. The van der Waals surface area contributed by atoms with Crippen molar-refractivity contribution in [1.29, 1.82) is 0 Å². The number of hydrogen-bond donors (Lipinski definition) is 1. The Bertz CT molecular complexity index is 894. The van der Waals surface area contributed by atoms with Gasteiger partial charge in [0.2, 0.25) is 16.0 Å². The highest BCUT2D eigenvalue weighted by Gasteiger charge is 2.33. The van der Waals surface area contributed by atoms with Crippen LogP contribution in [-0.4, -0.2) is 37.3 Å². The predicted molar refractivity (Wildman–Crippen MR) is 100 cm³/mol. The highest BCUT2D eigenvalue weighted by atomic mass is 32.2. The first-order valence-corrected chi connectivity index (χ1v) is 9.55. The minimum absolute atomic E-state index is 0.223. The van der Waals surface area contributed by atoms with E-state index in [9.17, 15) is 8.42 Å². The van der Waals surface area contributed by atoms with Crippen LogP contribution in [0.2, 0.25) is 0 Å². The molecule has 1 aromatic carbocycles. The molecular formula is C17H23N5O2S. The molecule has 0 saturated carbocycles. The predicted octanol–water partition coefficient (Wildman–Crippen LogP) is 2.49. The molecular weight excluding hydrogens is 338 g/mol. The van der Waals surface area contributed by atoms with Gasteiger partial charge in [-0.05, 0) is 52.8 Å². The van der Waals surface area contributed by atoms with Crippen LogP contribution in [0.3, 0.4) is 0 Å². The second-order valence-electron chi connectivity index (χ2n) is 7.17. The maximum absolute atomic E-state index is 12.9. The second-order valence-corrected chi connectivity index (χ2v) is 8.82. The Morgan fingerprint density at radius 3 is 2.52 bits per heavy atom. The van der Waals surface area contributed by atoms with Crippen LogP contribution in [0.1, 0.15) is 34.6 Å². The smallest absolute Gasteiger partial charge is 0.246 e. The van der Waals surface area contributed by atoms with Crippen LogP contribution < -0.4 is 9.73 Å². The summed E-state index contributed by atoms with van der Waals surface area (Å²) in [5.74, 6) is 0.577. The zero-order valence-electron chi connectivity index (χ0n) is 15.1. The van der Waals surface area contributed by atoms with Gasteiger partial charge in [-0.2, -0.15) is 0 Å². The first-order valence-electron chi connectivity index (χ1n) is 8.07. The number of anilines is 1. The third-order valence-corrected chi connectivity index (χ3v) is 5.48. The number of aliphatic imine (C=N–C) groups is 2. The molecule has 0 atom stereocenters. The molecule has 1 N–H and O–H groups in total. The monoisotopic (exact) mass is 361 g/mol. The van der Waals surface area contributed by atoms with E-state index >= 15 is 0 Å². The third kappa shape index (κ3) is 3.45. The van der Waals surface area contributed by atoms with E-state index in [1.807, 2.05) is 56.8 Å². The average Bonchev–Trinajstić information content (AvgIpc) is 2.88. The molecule has 2 aliphatic rings. The van der Waals surface area contributed by atoms with Crippen molar-refractivity contribution < 1.29 is 8.42 Å². The molecule has 0 spiro atoms. The largest absolute Gasteiger partial charge is 0.255 e. The lowest BCUT2D eigenvalue weighted by Gasteiger charge is -2.34. The molecule has 134 valence electrons. The summed E-state index contributed by atoms with van der Waals surface area (Å²) in [5.41, 5.74) is 1.82. The van der Waals surface area contributed by atoms with Crippen molar-refractivity contribution in [1.82, 2.24) is 9.73 Å². The maximum Gasteiger partial charge on any atom is 0.246 e. The normalized spacial score (nSPS) is 17.9. The molecule has 2 aliphatic heterocycles. The Morgan fingerprint density at radius 2 is 1.84 bits per heavy atom. The van der Waals surface area contributed by atoms with Crippen molar-refractivity contribution in [3.63, 3.8) is 0 Å². The van der Waals surface area contributed by atoms with Crippen LogP contribution in [0, 0.1) is 0 Å². The number of rotatable bonds is 3. The SMILES string of the molecule is CC1=CC(C)=NC2=NCN(c3ccccc3S(=O)(=O)NC(C)(C)C)N12. The van der Waals surface area contributed by atoms with Gasteiger partial charge >= 0.3 is 0 Å². The summed E-state index contributed by atoms with van der Waals surface area (Å²) in [4.78, 5) is 9.09. The van der Waals surface area contributed by atoms with Crippen molar-refractivity contribution in [3.8, 4) is 0 Å². The fourth-order valence-electron chi connectivity index (χ4n) is 2.89. The number of nitrogens with one attached hydrogen (secondary N) is 1. The number of hydrazine groups is 1. The van der Waals surface area contributed by atoms with Gasteiger partial charge in [-0.3, -0.25) is 5.01 Å². The molecule has 1 aromatic rings. The average molecular weight is 361 g/mol. The van der Waals surface area contributed by atoms with Crippen LogP contribution in [0.4, 0.5) is 5.69 Å². The van der Waals surface area contributed by atoms with Crippen LogP contribution in [0.15, 0.2) is 50.9 Å². The Hall–Kier alpha value is -2.19. The van der Waals surface area contributed by atoms with Gasteiger partial charge < -0.3 is 0 Å². The molecule has 8 heteroatoms. The zero-order chi connectivity index (χ0) is 18.4. The lowest BCUT2D eigenvalue weighted by Crippen LogP contribution is -2.44. The number of sulfonamides is 1. The number of allylic oxidation sites excluding steroid dienone is 2. The summed E-state index contributed by atoms with van der Waals surface area (Å²) in [6, 6.07) is 6.94. The Kier molecular flexibility index (Phi) is 4.20. The van der Waals surface area contributed by atoms with Gasteiger partial charge in [0.05, 0.1) is 5.69 Å². The van der Waals surface area contributed by atoms with Gasteiger partial charge in [-0.15, -0.1) is 0 Å². The lowest BCUT2D eigenvalue weighted by atomic mass is 10.1. The molecule has 2 heterocycles. The van der Waals surface area contributed by atoms with E-state index in [1.54, 1.807) is 18.2 Å². The van der Waals surface area contributed by atoms with Crippen molar-refractivity contribution in [2.45, 2.75) is 45.1 Å². The van der Waals surface area contributed by atoms with E-state index < -0.39 is 15.6 Å². The first kappa shape index (κ1) is 17.6. The van der Waals surface area contributed by atoms with Crippen LogP contribution in [-0.2, 0) is 10.0 Å². The Morgan fingerprint density at radius 1 is 1.16 bits per heavy atom. The van der Waals surface area contributed by atoms with Crippen molar-refractivity contribution in [3.05, 3.63) is 36.0 Å². The molecule has 0 aliphatic carbocycles. The van der Waals surface area contributed by atoms with Crippen LogP contribution in [0.5, 0.6) is 0 Å². The summed E-state index contributed by atoms with van der Waals surface area (Å²) in [5, 5.41) is 3.67. The van der Waals surface area contributed by atoms with E-state index in [1.165, 1.54) is 0 Å². The number of hydrogen-bond acceptors (Lipinski definition) is 6. The van der Waals surface area contributed by atoms with E-state index in [0.29, 0.717) is 18.3 Å². The number of para-hydroxylation sites is 1. The van der Waals surface area contributed by atoms with Gasteiger partial charge in [0.1, 0.15) is 11.6 Å². The van der Waals surface area contributed by atoms with Gasteiger partial charge in [0.25, 0.3) is 0 Å². The number of nitrogens with zero attached hydrogens (tertiary/aromatic N) is 4. The molecule has 0 fully saturated rings. The number of guanidine groups is 1. The van der Waals surface area contributed by atoms with Crippen LogP contribution >= 0.6 is 0 Å². The summed E-state index contributed by atoms with van der Waals surface area (Å²) in [6.45, 7) is 9.64. The molecule has 0 radical (unpaired) electrons. The van der Waals surface area contributed by atoms with E-state index in [2.05, 4.69) is 14.7 Å². The lowest BCUT2D eigenvalue weighted by molar-refractivity contribution is 0.483. The number of fused-ring (bicyclic) bond motifs is 1. The van der Waals surface area contributed by atoms with Gasteiger partial charge in [-0.25, -0.2) is 28.1 Å². The molecule has 0 amide bonds. The number of benzene rings is 1. The molecule has 7 nitrogen and oxygen atoms in total. The minimum Gasteiger partial charge on any atom is -0.255 e. The fourth-order valence-corrected chi connectivity index (χ4v) is 4.51. The molecule has 0 unspecified atom stereocenters. The van der Waals surface area contributed by atoms with E-state index in [0.717, 1.165) is 11.4 Å². The van der Waals surface area contributed by atoms with E-state index in [4.69, 9.17) is 0 Å². The highest BCUT2D eigenvalue weighted by molar-refractivity contribution is 7.89. The Labute approximate surface area is 148 Å².